The molecule has 0 unspecified atom stereocenters. The van der Waals surface area contributed by atoms with Crippen LogP contribution in [0.25, 0.3) is 21.5 Å². The number of anilines is 3. The first-order chi connectivity index (χ1) is 15.6. The summed E-state index contributed by atoms with van der Waals surface area (Å²) >= 11 is 0.918. The van der Waals surface area contributed by atoms with Crippen LogP contribution in [0.1, 0.15) is 31.2 Å². The summed E-state index contributed by atoms with van der Waals surface area (Å²) in [5.41, 5.74) is 12.4. The Kier molecular flexibility index (Phi) is 5.07. The number of nitrogens with zero attached hydrogens (tertiary/aromatic N) is 3. The quantitative estimate of drug-likeness (QED) is 0.275. The second-order valence-electron chi connectivity index (χ2n) is 7.06. The summed E-state index contributed by atoms with van der Waals surface area (Å²) < 4.78 is 6.06. The number of carbonyl (C=O) groups excluding carboxylic acids is 1. The van der Waals surface area contributed by atoms with Crippen molar-refractivity contribution >= 4 is 50.6 Å². The molecule has 1 aromatic carbocycles. The van der Waals surface area contributed by atoms with Crippen LogP contribution in [0.2, 0.25) is 0 Å². The van der Waals surface area contributed by atoms with Crippen molar-refractivity contribution in [3.8, 4) is 17.3 Å². The predicted octanol–water partition coefficient (Wildman–Crippen LogP) is 1.36. The number of hydrogen-bond donors (Lipinski definition) is 5. The van der Waals surface area contributed by atoms with Crippen molar-refractivity contribution in [3.63, 3.8) is 0 Å². The molecule has 166 valence electrons. The van der Waals surface area contributed by atoms with Gasteiger partial charge < -0.3 is 21.9 Å². The Morgan fingerprint density at radius 1 is 1.36 bits per heavy atom. The van der Waals surface area contributed by atoms with E-state index in [1.54, 1.807) is 13.0 Å². The maximum Gasteiger partial charge on any atom is 0.435 e. The van der Waals surface area contributed by atoms with Crippen LogP contribution in [0.4, 0.5) is 17.2 Å². The number of rotatable bonds is 4. The fourth-order valence-corrected chi connectivity index (χ4v) is 4.38. The van der Waals surface area contributed by atoms with Gasteiger partial charge in [0.15, 0.2) is 7.05 Å². The first-order valence-corrected chi connectivity index (χ1v) is 10.1. The lowest BCUT2D eigenvalue weighted by atomic mass is 10.0. The van der Waals surface area contributed by atoms with Gasteiger partial charge in [-0.3, -0.25) is 9.32 Å². The van der Waals surface area contributed by atoms with Crippen LogP contribution < -0.4 is 27.1 Å². The van der Waals surface area contributed by atoms with Crippen LogP contribution in [-0.4, -0.2) is 27.2 Å². The van der Waals surface area contributed by atoms with E-state index >= 15 is 0 Å². The number of carbonyl (C=O) groups is 2. The van der Waals surface area contributed by atoms with Crippen LogP contribution >= 0.6 is 11.3 Å². The van der Waals surface area contributed by atoms with Gasteiger partial charge in [-0.2, -0.15) is 5.26 Å². The number of nitrogen functional groups attached to an aromatic ring is 2. The third-order valence-electron chi connectivity index (χ3n) is 5.00. The first-order valence-electron chi connectivity index (χ1n) is 9.28. The molecule has 0 aliphatic carbocycles. The normalized spacial score (nSPS) is 10.8. The molecule has 7 N–H and O–H groups in total. The van der Waals surface area contributed by atoms with Gasteiger partial charge in [0.25, 0.3) is 5.91 Å². The highest BCUT2D eigenvalue weighted by molar-refractivity contribution is 7.21. The Balaban J connectivity index is 1.91. The SMILES string of the molecule is Cc1ccc(C(=O)O)cc1NC(=O)c1sc2nc(N)c(C#N)c(-c3c(=O)o[nH][n+]3C)c2c1N. The van der Waals surface area contributed by atoms with Crippen molar-refractivity contribution in [1.29, 1.82) is 5.26 Å². The zero-order valence-corrected chi connectivity index (χ0v) is 18.0. The van der Waals surface area contributed by atoms with Gasteiger partial charge in [-0.05, 0) is 29.9 Å². The van der Waals surface area contributed by atoms with Gasteiger partial charge in [0.1, 0.15) is 27.2 Å². The smallest absolute Gasteiger partial charge is 0.435 e. The number of aromatic carboxylic acids is 1. The molecule has 0 fully saturated rings. The summed E-state index contributed by atoms with van der Waals surface area (Å²) in [5.74, 6) is -1.90. The van der Waals surface area contributed by atoms with Crippen LogP contribution in [0.3, 0.4) is 0 Å². The van der Waals surface area contributed by atoms with E-state index in [4.69, 9.17) is 16.0 Å². The Labute approximate surface area is 188 Å². The molecular formula is C20H16N7O5S+. The molecule has 3 aromatic heterocycles. The van der Waals surface area contributed by atoms with Gasteiger partial charge >= 0.3 is 17.3 Å². The van der Waals surface area contributed by atoms with E-state index in [1.165, 1.54) is 23.9 Å². The average Bonchev–Trinajstić information content (AvgIpc) is 3.27. The number of nitriles is 1. The van der Waals surface area contributed by atoms with E-state index < -0.39 is 17.5 Å². The molecule has 0 aliphatic rings. The molecule has 12 nitrogen and oxygen atoms in total. The van der Waals surface area contributed by atoms with E-state index in [9.17, 15) is 24.8 Å². The van der Waals surface area contributed by atoms with E-state index in [1.807, 2.05) is 6.07 Å². The maximum absolute atomic E-state index is 13.1. The summed E-state index contributed by atoms with van der Waals surface area (Å²) in [6.45, 7) is 1.71. The lowest BCUT2D eigenvalue weighted by molar-refractivity contribution is -0.730. The van der Waals surface area contributed by atoms with Crippen molar-refractivity contribution in [3.05, 3.63) is 50.2 Å². The standard InChI is InChI=1S/C20H15N7O5S/c1-7-3-4-8(19(29)30)5-10(7)24-17(28)15-13(22)12-11(14-20(31)32-26-27(14)2)9(6-21)16(23)25-18(12)33-15/h3-5H,1-2H3,(H6-,22,23,24,25,26,28,29,30,31)/p+1. The molecule has 0 radical (unpaired) electrons. The molecule has 13 heteroatoms. The Hall–Kier alpha value is -4.70. The number of carboxylic acid groups (broad SMARTS) is 1. The number of nitrogens with two attached hydrogens (primary N) is 2. The lowest BCUT2D eigenvalue weighted by Crippen LogP contribution is -2.34. The minimum atomic E-state index is -1.14. The number of aryl methyl sites for hydroxylation is 2. The van der Waals surface area contributed by atoms with E-state index in [0.717, 1.165) is 11.3 Å². The molecule has 4 aromatic rings. The molecule has 0 aliphatic heterocycles. The van der Waals surface area contributed by atoms with Crippen LogP contribution in [0.5, 0.6) is 0 Å². The highest BCUT2D eigenvalue weighted by Crippen LogP contribution is 2.41. The Bertz CT molecular complexity index is 1570. The number of amides is 1. The number of thiophene rings is 1. The molecule has 0 atom stereocenters. The first kappa shape index (κ1) is 21.5. The summed E-state index contributed by atoms with van der Waals surface area (Å²) in [6, 6.07) is 6.25. The molecule has 33 heavy (non-hydrogen) atoms. The number of aromatic amines is 1. The topological polar surface area (TPSA) is 205 Å². The van der Waals surface area contributed by atoms with E-state index in [2.05, 4.69) is 15.6 Å². The summed E-state index contributed by atoms with van der Waals surface area (Å²) in [6.07, 6.45) is 0. The molecule has 0 bridgehead atoms. The van der Waals surface area contributed by atoms with Gasteiger partial charge in [-0.1, -0.05) is 10.7 Å². The molecule has 1 amide bonds. The lowest BCUT2D eigenvalue weighted by Gasteiger charge is -2.09. The number of nitrogens with one attached hydrogen (secondary N) is 2. The maximum atomic E-state index is 13.1. The predicted molar refractivity (Wildman–Crippen MR) is 119 cm³/mol. The molecule has 3 heterocycles. The summed E-state index contributed by atoms with van der Waals surface area (Å²) in [7, 11) is 1.50. The summed E-state index contributed by atoms with van der Waals surface area (Å²) in [4.78, 5) is 41.1. The number of H-pyrrole nitrogens is 1. The number of fused-ring (bicyclic) bond motifs is 1. The number of pyridine rings is 1. The Morgan fingerprint density at radius 3 is 2.70 bits per heavy atom. The zero-order valence-electron chi connectivity index (χ0n) is 17.2. The second kappa shape index (κ2) is 7.77. The van der Waals surface area contributed by atoms with Crippen LogP contribution in [0, 0.1) is 18.3 Å². The van der Waals surface area contributed by atoms with Crippen molar-refractivity contribution in [2.75, 3.05) is 16.8 Å². The molecule has 0 saturated heterocycles. The summed E-state index contributed by atoms with van der Waals surface area (Å²) in [5, 5.41) is 24.1. The second-order valence-corrected chi connectivity index (χ2v) is 8.06. The van der Waals surface area contributed by atoms with Crippen molar-refractivity contribution < 1.29 is 23.9 Å². The number of aromatic nitrogens is 3. The van der Waals surface area contributed by atoms with Crippen LogP contribution in [-0.2, 0) is 7.05 Å². The minimum absolute atomic E-state index is 0.00211. The van der Waals surface area contributed by atoms with E-state index in [-0.39, 0.29) is 49.0 Å². The van der Waals surface area contributed by atoms with Gasteiger partial charge in [0.2, 0.25) is 0 Å². The van der Waals surface area contributed by atoms with Gasteiger partial charge in [-0.25, -0.2) is 14.6 Å². The molecular weight excluding hydrogens is 450 g/mol. The fourth-order valence-electron chi connectivity index (χ4n) is 3.37. The zero-order chi connectivity index (χ0) is 24.0. The van der Waals surface area contributed by atoms with Crippen molar-refractivity contribution in [2.45, 2.75) is 6.92 Å². The van der Waals surface area contributed by atoms with Crippen LogP contribution in [0.15, 0.2) is 27.5 Å². The minimum Gasteiger partial charge on any atom is -0.478 e. The molecule has 0 spiro atoms. The number of benzene rings is 1. The third kappa shape index (κ3) is 3.44. The average molecular weight is 466 g/mol. The van der Waals surface area contributed by atoms with Crippen molar-refractivity contribution in [2.24, 2.45) is 7.05 Å². The van der Waals surface area contributed by atoms with E-state index in [0.29, 0.717) is 11.3 Å². The number of hydrogen-bond acceptors (Lipinski definition) is 9. The largest absolute Gasteiger partial charge is 0.478 e. The highest BCUT2D eigenvalue weighted by atomic mass is 32.1. The highest BCUT2D eigenvalue weighted by Gasteiger charge is 2.32. The fraction of sp³-hybridized carbons (Fsp3) is 0.100. The van der Waals surface area contributed by atoms with Gasteiger partial charge in [0.05, 0.1) is 22.2 Å². The monoisotopic (exact) mass is 466 g/mol. The van der Waals surface area contributed by atoms with Gasteiger partial charge in [-0.15, -0.1) is 11.3 Å². The molecule has 0 saturated carbocycles. The number of carboxylic acids is 1. The third-order valence-corrected chi connectivity index (χ3v) is 6.09. The Morgan fingerprint density at radius 2 is 2.09 bits per heavy atom. The molecule has 4 rings (SSSR count). The van der Waals surface area contributed by atoms with Gasteiger partial charge in [0, 0.05) is 5.69 Å². The van der Waals surface area contributed by atoms with Crippen molar-refractivity contribution in [1.82, 2.24) is 10.3 Å².